The van der Waals surface area contributed by atoms with Crippen LogP contribution >= 0.6 is 11.6 Å². The summed E-state index contributed by atoms with van der Waals surface area (Å²) in [7, 11) is 0. The molecule has 0 saturated heterocycles. The van der Waals surface area contributed by atoms with Gasteiger partial charge in [-0.3, -0.25) is 4.79 Å². The molecule has 0 aliphatic heterocycles. The normalized spacial score (nSPS) is 6.89. The molecular weight excluding hydrogens is 147 g/mol. The molecule has 54 valence electrons. The van der Waals surface area contributed by atoms with Crippen molar-refractivity contribution in [1.29, 1.82) is 0 Å². The van der Waals surface area contributed by atoms with E-state index in [4.69, 9.17) is 15.0 Å². The number of carboxylic acids is 1. The maximum absolute atomic E-state index is 9.37. The first-order valence-electron chi connectivity index (χ1n) is 2.11. The Labute approximate surface area is 57.1 Å². The van der Waals surface area contributed by atoms with Crippen molar-refractivity contribution in [3.05, 3.63) is 0 Å². The molecule has 4 nitrogen and oxygen atoms in total. The van der Waals surface area contributed by atoms with Gasteiger partial charge in [-0.2, -0.15) is 0 Å². The van der Waals surface area contributed by atoms with Gasteiger partial charge in [-0.15, -0.1) is 0 Å². The number of rotatable bonds is 1. The second-order valence-electron chi connectivity index (χ2n) is 1.00. The predicted octanol–water partition coefficient (Wildman–Crippen LogP) is 1.38. The minimum atomic E-state index is -1.36. The Balaban J connectivity index is 0. The van der Waals surface area contributed by atoms with Crippen molar-refractivity contribution in [2.45, 2.75) is 13.3 Å². The second kappa shape index (κ2) is 7.23. The number of carboxylic acid groups (broad SMARTS) is 2. The maximum atomic E-state index is 9.37. The minimum Gasteiger partial charge on any atom is -0.481 e. The third-order valence-corrected chi connectivity index (χ3v) is 0.302. The van der Waals surface area contributed by atoms with Gasteiger partial charge in [-0.05, 0) is 0 Å². The van der Waals surface area contributed by atoms with E-state index in [-0.39, 0.29) is 6.42 Å². The van der Waals surface area contributed by atoms with Crippen LogP contribution in [0.15, 0.2) is 0 Å². The Morgan fingerprint density at radius 3 is 1.56 bits per heavy atom. The first kappa shape index (κ1) is 11.1. The second-order valence-corrected chi connectivity index (χ2v) is 1.32. The van der Waals surface area contributed by atoms with Crippen molar-refractivity contribution in [2.24, 2.45) is 0 Å². The monoisotopic (exact) mass is 154 g/mol. The average Bonchev–Trinajstić information content (AvgIpc) is 1.65. The number of aliphatic carboxylic acids is 1. The number of hydrogen-bond acceptors (Lipinski definition) is 2. The highest BCUT2D eigenvalue weighted by Crippen LogP contribution is 1.67. The van der Waals surface area contributed by atoms with Gasteiger partial charge in [0.2, 0.25) is 0 Å². The van der Waals surface area contributed by atoms with Gasteiger partial charge < -0.3 is 10.2 Å². The predicted molar refractivity (Wildman–Crippen MR) is 31.8 cm³/mol. The molecule has 0 fully saturated rings. The lowest BCUT2D eigenvalue weighted by atomic mass is 10.5. The zero-order valence-electron chi connectivity index (χ0n) is 4.80. The van der Waals surface area contributed by atoms with Crippen molar-refractivity contribution < 1.29 is 19.8 Å². The largest absolute Gasteiger partial charge is 0.481 e. The van der Waals surface area contributed by atoms with Gasteiger partial charge >= 0.3 is 11.4 Å². The SMILES string of the molecule is CCC(=O)O.O=C(O)Cl. The van der Waals surface area contributed by atoms with E-state index in [0.29, 0.717) is 0 Å². The maximum Gasteiger partial charge on any atom is 0.401 e. The van der Waals surface area contributed by atoms with Crippen LogP contribution in [-0.2, 0) is 4.79 Å². The number of carbonyl (C=O) groups is 2. The van der Waals surface area contributed by atoms with Gasteiger partial charge in [0.25, 0.3) is 0 Å². The van der Waals surface area contributed by atoms with Crippen LogP contribution in [0.1, 0.15) is 13.3 Å². The molecule has 0 bridgehead atoms. The number of halogens is 1. The Morgan fingerprint density at radius 2 is 1.56 bits per heavy atom. The van der Waals surface area contributed by atoms with E-state index >= 15 is 0 Å². The molecule has 0 aromatic heterocycles. The average molecular weight is 155 g/mol. The van der Waals surface area contributed by atoms with Crippen LogP contribution in [0.25, 0.3) is 0 Å². The molecule has 9 heavy (non-hydrogen) atoms. The summed E-state index contributed by atoms with van der Waals surface area (Å²) < 4.78 is 0. The van der Waals surface area contributed by atoms with Gasteiger partial charge in [0.15, 0.2) is 0 Å². The molecule has 0 amide bonds. The zero-order valence-corrected chi connectivity index (χ0v) is 5.55. The topological polar surface area (TPSA) is 74.6 Å². The van der Waals surface area contributed by atoms with Crippen LogP contribution in [0.4, 0.5) is 4.79 Å². The highest BCUT2D eigenvalue weighted by atomic mass is 35.5. The smallest absolute Gasteiger partial charge is 0.401 e. The number of hydrogen-bond donors (Lipinski definition) is 2. The van der Waals surface area contributed by atoms with Crippen molar-refractivity contribution >= 4 is 23.0 Å². The van der Waals surface area contributed by atoms with Crippen LogP contribution in [-0.4, -0.2) is 21.6 Å². The van der Waals surface area contributed by atoms with Gasteiger partial charge in [-0.25, -0.2) is 4.79 Å². The molecule has 0 spiro atoms. The molecule has 0 aromatic carbocycles. The lowest BCUT2D eigenvalue weighted by molar-refractivity contribution is -0.136. The van der Waals surface area contributed by atoms with Crippen molar-refractivity contribution in [3.63, 3.8) is 0 Å². The Hall–Kier alpha value is -0.770. The van der Waals surface area contributed by atoms with E-state index in [9.17, 15) is 4.79 Å². The highest BCUT2D eigenvalue weighted by Gasteiger charge is 1.80. The standard InChI is InChI=1S/C3H6O2.CHClO2/c1-2-3(4)5;2-1(3)4/h2H2,1H3,(H,4,5);(H,3,4). The van der Waals surface area contributed by atoms with Gasteiger partial charge in [0, 0.05) is 18.0 Å². The molecule has 0 rings (SSSR count). The summed E-state index contributed by atoms with van der Waals surface area (Å²) in [6.07, 6.45) is 0.222. The summed E-state index contributed by atoms with van der Waals surface area (Å²) in [5, 5.41) is 14.9. The van der Waals surface area contributed by atoms with Crippen molar-refractivity contribution in [3.8, 4) is 0 Å². The van der Waals surface area contributed by atoms with Crippen LogP contribution in [0.2, 0.25) is 0 Å². The van der Waals surface area contributed by atoms with Gasteiger partial charge in [0.1, 0.15) is 0 Å². The van der Waals surface area contributed by atoms with Crippen LogP contribution in [0, 0.1) is 0 Å². The van der Waals surface area contributed by atoms with Gasteiger partial charge in [0.05, 0.1) is 0 Å². The van der Waals surface area contributed by atoms with E-state index < -0.39 is 11.4 Å². The minimum absolute atomic E-state index is 0.222. The molecule has 5 heteroatoms. The molecule has 0 radical (unpaired) electrons. The highest BCUT2D eigenvalue weighted by molar-refractivity contribution is 6.60. The molecule has 0 saturated carbocycles. The van der Waals surface area contributed by atoms with E-state index in [1.807, 2.05) is 0 Å². The molecule has 0 aliphatic carbocycles. The molecule has 0 aliphatic rings. The third-order valence-electron chi connectivity index (χ3n) is 0.302. The van der Waals surface area contributed by atoms with Gasteiger partial charge in [-0.1, -0.05) is 6.92 Å². The van der Waals surface area contributed by atoms with E-state index in [2.05, 4.69) is 11.6 Å². The summed E-state index contributed by atoms with van der Waals surface area (Å²) in [6.45, 7) is 1.60. The van der Waals surface area contributed by atoms with Crippen LogP contribution < -0.4 is 0 Å². The fourth-order valence-electron chi connectivity index (χ4n) is 0. The Morgan fingerprint density at radius 1 is 1.44 bits per heavy atom. The fourth-order valence-corrected chi connectivity index (χ4v) is 0. The van der Waals surface area contributed by atoms with E-state index in [1.54, 1.807) is 6.92 Å². The summed E-state index contributed by atoms with van der Waals surface area (Å²) in [6, 6.07) is 0. The quantitative estimate of drug-likeness (QED) is 0.560. The summed E-state index contributed by atoms with van der Waals surface area (Å²) in [5.41, 5.74) is -1.36. The lowest BCUT2D eigenvalue weighted by Gasteiger charge is -1.71. The molecule has 0 heterocycles. The summed E-state index contributed by atoms with van der Waals surface area (Å²) in [5.74, 6) is -0.745. The Bertz CT molecular complexity index is 96.7. The third kappa shape index (κ3) is 131. The zero-order chi connectivity index (χ0) is 7.86. The summed E-state index contributed by atoms with van der Waals surface area (Å²) in [4.78, 5) is 18.1. The molecular formula is C4H7ClO4. The van der Waals surface area contributed by atoms with Crippen molar-refractivity contribution in [1.82, 2.24) is 0 Å². The van der Waals surface area contributed by atoms with E-state index in [1.165, 1.54) is 0 Å². The molecule has 0 unspecified atom stereocenters. The lowest BCUT2D eigenvalue weighted by Crippen LogP contribution is -1.86. The van der Waals surface area contributed by atoms with Crippen LogP contribution in [0.3, 0.4) is 0 Å². The Kier molecular flexibility index (Phi) is 8.90. The van der Waals surface area contributed by atoms with E-state index in [0.717, 1.165) is 0 Å². The molecule has 0 aromatic rings. The first-order valence-corrected chi connectivity index (χ1v) is 2.48. The van der Waals surface area contributed by atoms with Crippen LogP contribution in [0.5, 0.6) is 0 Å². The van der Waals surface area contributed by atoms with Crippen molar-refractivity contribution in [2.75, 3.05) is 0 Å². The molecule has 2 N–H and O–H groups in total. The molecule has 0 atom stereocenters. The first-order chi connectivity index (χ1) is 4.00. The fraction of sp³-hybridized carbons (Fsp3) is 0.500. The summed E-state index contributed by atoms with van der Waals surface area (Å²) >= 11 is 4.19.